The van der Waals surface area contributed by atoms with Gasteiger partial charge in [0.1, 0.15) is 5.82 Å². The smallest absolute Gasteiger partial charge is 0.248 e. The number of benzene rings is 1. The van der Waals surface area contributed by atoms with E-state index in [4.69, 9.17) is 22.7 Å². The molecule has 0 radical (unpaired) electrons. The Morgan fingerprint density at radius 1 is 1.56 bits per heavy atom. The number of hydroxylamine groups is 1. The summed E-state index contributed by atoms with van der Waals surface area (Å²) in [5.41, 5.74) is 5.94. The largest absolute Gasteiger partial charge is 0.396 e. The van der Waals surface area contributed by atoms with Crippen LogP contribution in [0.2, 0.25) is 5.02 Å². The molecule has 4 N–H and O–H groups in total. The van der Waals surface area contributed by atoms with Crippen molar-refractivity contribution in [1.82, 2.24) is 9.78 Å². The number of hydrogen-bond acceptors (Lipinski definition) is 4. The van der Waals surface area contributed by atoms with Crippen molar-refractivity contribution in [3.8, 4) is 0 Å². The Kier molecular flexibility index (Phi) is 3.17. The molecule has 0 spiro atoms. The highest BCUT2D eigenvalue weighted by Crippen LogP contribution is 2.22. The average Bonchev–Trinajstić information content (AvgIpc) is 2.77. The molecule has 18 heavy (non-hydrogen) atoms. The Balaban J connectivity index is 2.28. The third-order valence-electron chi connectivity index (χ3n) is 2.17. The van der Waals surface area contributed by atoms with Crippen LogP contribution in [-0.4, -0.2) is 20.9 Å². The van der Waals surface area contributed by atoms with Gasteiger partial charge >= 0.3 is 0 Å². The molecule has 2 aromatic rings. The van der Waals surface area contributed by atoms with Gasteiger partial charge in [-0.25, -0.2) is 9.07 Å². The summed E-state index contributed by atoms with van der Waals surface area (Å²) >= 11 is 5.59. The van der Waals surface area contributed by atoms with Crippen LogP contribution in [0, 0.1) is 11.2 Å². The molecule has 2 rings (SSSR count). The molecule has 6 nitrogen and oxygen atoms in total. The van der Waals surface area contributed by atoms with Crippen molar-refractivity contribution in [2.75, 3.05) is 10.8 Å². The maximum Gasteiger partial charge on any atom is 0.248 e. The molecule has 1 heterocycles. The van der Waals surface area contributed by atoms with Crippen molar-refractivity contribution in [2.24, 2.45) is 0 Å². The predicted molar refractivity (Wildman–Crippen MR) is 65.4 cm³/mol. The van der Waals surface area contributed by atoms with E-state index >= 15 is 0 Å². The second-order valence-corrected chi connectivity index (χ2v) is 3.86. The number of nitrogens with two attached hydrogens (primary N) is 1. The first-order chi connectivity index (χ1) is 8.49. The number of nitrogens with zero attached hydrogens (tertiary/aromatic N) is 3. The lowest BCUT2D eigenvalue weighted by Crippen LogP contribution is -2.32. The fraction of sp³-hybridized carbons (Fsp3) is 0. The van der Waals surface area contributed by atoms with Crippen LogP contribution >= 0.6 is 11.6 Å². The number of nitrogen functional groups attached to an aromatic ring is 1. The van der Waals surface area contributed by atoms with E-state index in [9.17, 15) is 9.60 Å². The monoisotopic (exact) mass is 269 g/mol. The Labute approximate surface area is 106 Å². The van der Waals surface area contributed by atoms with Crippen molar-refractivity contribution >= 4 is 28.9 Å². The molecule has 0 saturated heterocycles. The summed E-state index contributed by atoms with van der Waals surface area (Å²) < 4.78 is 14.0. The van der Waals surface area contributed by atoms with E-state index in [0.717, 1.165) is 10.7 Å². The lowest BCUT2D eigenvalue weighted by molar-refractivity contribution is 0.306. The van der Waals surface area contributed by atoms with Crippen LogP contribution in [0.4, 0.5) is 15.8 Å². The number of anilines is 2. The minimum Gasteiger partial charge on any atom is -0.396 e. The summed E-state index contributed by atoms with van der Waals surface area (Å²) in [6.07, 6.45) is 2.69. The van der Waals surface area contributed by atoms with Gasteiger partial charge in [0.25, 0.3) is 0 Å². The van der Waals surface area contributed by atoms with Crippen LogP contribution < -0.4 is 10.8 Å². The van der Waals surface area contributed by atoms with E-state index in [1.807, 2.05) is 0 Å². The Hall–Kier alpha value is -2.12. The maximum atomic E-state index is 13.0. The van der Waals surface area contributed by atoms with Gasteiger partial charge in [-0.2, -0.15) is 10.2 Å². The van der Waals surface area contributed by atoms with E-state index in [0.29, 0.717) is 10.8 Å². The van der Waals surface area contributed by atoms with E-state index < -0.39 is 5.82 Å². The highest BCUT2D eigenvalue weighted by molar-refractivity contribution is 6.31. The normalized spacial score (nSPS) is 10.4. The van der Waals surface area contributed by atoms with Crippen LogP contribution in [0.5, 0.6) is 0 Å². The summed E-state index contributed by atoms with van der Waals surface area (Å²) in [5, 5.41) is 21.6. The minimum atomic E-state index is -0.608. The number of hydrogen-bond donors (Lipinski definition) is 3. The van der Waals surface area contributed by atoms with Gasteiger partial charge < -0.3 is 5.73 Å². The Morgan fingerprint density at radius 3 is 2.83 bits per heavy atom. The molecule has 1 aromatic carbocycles. The van der Waals surface area contributed by atoms with Gasteiger partial charge in [-0.05, 0) is 18.2 Å². The number of nitrogens with one attached hydrogen (secondary N) is 1. The second-order valence-electron chi connectivity index (χ2n) is 3.45. The van der Waals surface area contributed by atoms with E-state index in [1.54, 1.807) is 0 Å². The van der Waals surface area contributed by atoms with Crippen molar-refractivity contribution in [1.29, 1.82) is 5.41 Å². The number of aromatic nitrogens is 2. The topological polar surface area (TPSA) is 91.2 Å². The van der Waals surface area contributed by atoms with Crippen LogP contribution in [0.15, 0.2) is 30.6 Å². The molecule has 0 unspecified atom stereocenters. The molecule has 0 aliphatic rings. The summed E-state index contributed by atoms with van der Waals surface area (Å²) in [7, 11) is 0. The van der Waals surface area contributed by atoms with E-state index in [2.05, 4.69) is 5.10 Å². The number of halogens is 2. The molecular weight excluding hydrogens is 261 g/mol. The predicted octanol–water partition coefficient (Wildman–Crippen LogP) is 1.94. The summed E-state index contributed by atoms with van der Waals surface area (Å²) in [6, 6.07) is 3.56. The van der Waals surface area contributed by atoms with Crippen LogP contribution in [0.1, 0.15) is 0 Å². The summed E-state index contributed by atoms with van der Waals surface area (Å²) in [6.45, 7) is 0. The molecule has 0 bridgehead atoms. The van der Waals surface area contributed by atoms with Gasteiger partial charge in [-0.1, -0.05) is 11.6 Å². The van der Waals surface area contributed by atoms with Crippen molar-refractivity contribution in [3.63, 3.8) is 0 Å². The van der Waals surface area contributed by atoms with Gasteiger partial charge in [0.2, 0.25) is 5.96 Å². The zero-order valence-electron chi connectivity index (χ0n) is 9.01. The van der Waals surface area contributed by atoms with Gasteiger partial charge in [-0.3, -0.25) is 10.6 Å². The van der Waals surface area contributed by atoms with Crippen molar-refractivity contribution < 1.29 is 9.60 Å². The first kappa shape index (κ1) is 12.3. The highest BCUT2D eigenvalue weighted by atomic mass is 35.5. The molecule has 94 valence electrons. The third kappa shape index (κ3) is 2.27. The third-order valence-corrected chi connectivity index (χ3v) is 2.46. The Bertz CT molecular complexity index is 600. The molecule has 1 aromatic heterocycles. The van der Waals surface area contributed by atoms with E-state index in [1.165, 1.54) is 24.5 Å². The molecule has 0 amide bonds. The molecule has 0 saturated carbocycles. The minimum absolute atomic E-state index is 0.139. The lowest BCUT2D eigenvalue weighted by atomic mass is 10.3. The SMILES string of the molecule is N=C(N(O)c1ccc(F)c(Cl)c1)n1cc(N)cn1. The highest BCUT2D eigenvalue weighted by Gasteiger charge is 2.14. The van der Waals surface area contributed by atoms with Crippen LogP contribution in [-0.2, 0) is 0 Å². The molecule has 0 atom stereocenters. The zero-order valence-corrected chi connectivity index (χ0v) is 9.76. The van der Waals surface area contributed by atoms with Gasteiger partial charge in [0, 0.05) is 0 Å². The summed E-state index contributed by atoms with van der Waals surface area (Å²) in [5.74, 6) is -0.974. The maximum absolute atomic E-state index is 13.0. The second kappa shape index (κ2) is 4.63. The number of rotatable bonds is 1. The summed E-state index contributed by atoms with van der Waals surface area (Å²) in [4.78, 5) is 0. The van der Waals surface area contributed by atoms with Crippen LogP contribution in [0.3, 0.4) is 0 Å². The Morgan fingerprint density at radius 2 is 2.28 bits per heavy atom. The van der Waals surface area contributed by atoms with E-state index in [-0.39, 0.29) is 16.7 Å². The van der Waals surface area contributed by atoms with Crippen LogP contribution in [0.25, 0.3) is 0 Å². The van der Waals surface area contributed by atoms with Gasteiger partial charge in [0.05, 0.1) is 28.8 Å². The standard InChI is InChI=1S/C10H9ClFN5O/c11-8-3-7(1-2-9(8)12)17(18)10(14)16-5-6(13)4-15-16/h1-5,14,18H,13H2. The fourth-order valence-electron chi connectivity index (χ4n) is 1.29. The first-order valence-corrected chi connectivity index (χ1v) is 5.20. The zero-order chi connectivity index (χ0) is 13.3. The molecule has 0 fully saturated rings. The molecule has 0 aliphatic carbocycles. The average molecular weight is 270 g/mol. The van der Waals surface area contributed by atoms with Crippen molar-refractivity contribution in [2.45, 2.75) is 0 Å². The first-order valence-electron chi connectivity index (χ1n) is 4.82. The molecule has 0 aliphatic heterocycles. The molecular formula is C10H9ClFN5O. The quantitative estimate of drug-likeness (QED) is 0.419. The molecule has 8 heteroatoms. The van der Waals surface area contributed by atoms with Gasteiger partial charge in [-0.15, -0.1) is 0 Å². The van der Waals surface area contributed by atoms with Crippen molar-refractivity contribution in [3.05, 3.63) is 41.4 Å². The fourth-order valence-corrected chi connectivity index (χ4v) is 1.46. The lowest BCUT2D eigenvalue weighted by Gasteiger charge is -2.17. The van der Waals surface area contributed by atoms with Gasteiger partial charge in [0.15, 0.2) is 0 Å².